The number of aliphatic hydroxyl groups is 1. The topological polar surface area (TPSA) is 76.1 Å². The molecule has 4 unspecified atom stereocenters. The summed E-state index contributed by atoms with van der Waals surface area (Å²) in [5.41, 5.74) is 0. The first-order valence-electron chi connectivity index (χ1n) is 21.1. The fourth-order valence-electron chi connectivity index (χ4n) is 6.90. The Morgan fingerprint density at radius 1 is 0.458 bits per heavy atom. The Bertz CT molecular complexity index is 714. The van der Waals surface area contributed by atoms with E-state index in [1.807, 2.05) is 32.8 Å². The van der Waals surface area contributed by atoms with Crippen molar-refractivity contribution in [1.82, 2.24) is 4.90 Å². The number of rotatable bonds is 36. The van der Waals surface area contributed by atoms with E-state index in [-0.39, 0.29) is 11.9 Å². The van der Waals surface area contributed by atoms with Crippen LogP contribution in [0.4, 0.5) is 0 Å². The van der Waals surface area contributed by atoms with Crippen LogP contribution in [0, 0.1) is 0 Å². The first-order chi connectivity index (χ1) is 23.3. The highest BCUT2D eigenvalue weighted by Crippen LogP contribution is 2.22. The van der Waals surface area contributed by atoms with E-state index in [2.05, 4.69) is 13.8 Å². The monoisotopic (exact) mass is 682 g/mol. The van der Waals surface area contributed by atoms with Crippen LogP contribution in [0.15, 0.2) is 0 Å². The van der Waals surface area contributed by atoms with Crippen LogP contribution >= 0.6 is 0 Å². The van der Waals surface area contributed by atoms with E-state index in [0.717, 1.165) is 32.1 Å². The molecule has 0 spiro atoms. The molecule has 0 aromatic carbocycles. The zero-order chi connectivity index (χ0) is 35.7. The number of esters is 2. The highest BCUT2D eigenvalue weighted by atomic mass is 16.6. The SMILES string of the molecule is CCCCCCCCCCCCCCCC(=O)OC(CC)C(O)C(C(CC)OC(=O)CCCCCCCCCCCCCCC)N(C)C. The Balaban J connectivity index is 4.28. The average molecular weight is 682 g/mol. The maximum absolute atomic E-state index is 12.8. The molecule has 6 heteroatoms. The Kier molecular flexibility index (Phi) is 33.5. The quantitative estimate of drug-likeness (QED) is 0.0524. The largest absolute Gasteiger partial charge is 0.461 e. The molecular formula is C42H83NO5. The molecule has 0 radical (unpaired) electrons. The number of nitrogens with zero attached hydrogens (tertiary/aromatic N) is 1. The number of likely N-dealkylation sites (N-methyl/N-ethyl adjacent to an activating group) is 1. The van der Waals surface area contributed by atoms with E-state index in [0.29, 0.717) is 25.7 Å². The number of hydrogen-bond acceptors (Lipinski definition) is 6. The maximum Gasteiger partial charge on any atom is 0.306 e. The lowest BCUT2D eigenvalue weighted by atomic mass is 9.95. The van der Waals surface area contributed by atoms with Gasteiger partial charge in [0.25, 0.3) is 0 Å². The van der Waals surface area contributed by atoms with Crippen molar-refractivity contribution in [3.8, 4) is 0 Å². The van der Waals surface area contributed by atoms with E-state index in [4.69, 9.17) is 9.47 Å². The van der Waals surface area contributed by atoms with Gasteiger partial charge in [0.1, 0.15) is 18.3 Å². The van der Waals surface area contributed by atoms with Gasteiger partial charge in [0, 0.05) is 12.8 Å². The molecule has 0 aliphatic heterocycles. The Hall–Kier alpha value is -1.14. The molecule has 0 aliphatic carbocycles. The standard InChI is InChI=1S/C42H83NO5/c1-7-11-13-15-17-19-21-23-25-27-29-31-33-35-39(44)47-37(9-3)41(43(5)6)42(46)38(10-4)48-40(45)36-34-32-30-28-26-24-22-20-18-16-14-12-8-2/h37-38,41-42,46H,7-36H2,1-6H3. The van der Waals surface area contributed by atoms with Crippen molar-refractivity contribution in [2.75, 3.05) is 14.1 Å². The lowest BCUT2D eigenvalue weighted by Crippen LogP contribution is -2.54. The molecule has 4 atom stereocenters. The summed E-state index contributed by atoms with van der Waals surface area (Å²) in [4.78, 5) is 27.4. The molecule has 48 heavy (non-hydrogen) atoms. The summed E-state index contributed by atoms with van der Waals surface area (Å²) in [6.45, 7) is 8.44. The number of hydrogen-bond donors (Lipinski definition) is 1. The summed E-state index contributed by atoms with van der Waals surface area (Å²) in [6, 6.07) is -0.445. The predicted molar refractivity (Wildman–Crippen MR) is 204 cm³/mol. The highest BCUT2D eigenvalue weighted by molar-refractivity contribution is 5.70. The van der Waals surface area contributed by atoms with Crippen LogP contribution in [0.3, 0.4) is 0 Å². The molecule has 0 fully saturated rings. The number of carbonyl (C=O) groups excluding carboxylic acids is 2. The molecule has 0 aliphatic rings. The highest BCUT2D eigenvalue weighted by Gasteiger charge is 2.37. The van der Waals surface area contributed by atoms with Crippen LogP contribution in [0.2, 0.25) is 0 Å². The van der Waals surface area contributed by atoms with Crippen molar-refractivity contribution < 1.29 is 24.2 Å². The number of unbranched alkanes of at least 4 members (excludes halogenated alkanes) is 24. The lowest BCUT2D eigenvalue weighted by Gasteiger charge is -2.37. The Morgan fingerprint density at radius 3 is 1.00 bits per heavy atom. The summed E-state index contributed by atoms with van der Waals surface area (Å²) in [7, 11) is 3.78. The van der Waals surface area contributed by atoms with Crippen LogP contribution in [0.25, 0.3) is 0 Å². The molecule has 0 bridgehead atoms. The van der Waals surface area contributed by atoms with Crippen LogP contribution in [0.1, 0.15) is 220 Å². The average Bonchev–Trinajstić information content (AvgIpc) is 3.07. The second-order valence-electron chi connectivity index (χ2n) is 14.8. The van der Waals surface area contributed by atoms with Gasteiger partial charge < -0.3 is 19.5 Å². The third kappa shape index (κ3) is 26.7. The van der Waals surface area contributed by atoms with Crippen molar-refractivity contribution >= 4 is 11.9 Å². The molecule has 6 nitrogen and oxygen atoms in total. The van der Waals surface area contributed by atoms with Gasteiger partial charge in [-0.15, -0.1) is 0 Å². The van der Waals surface area contributed by atoms with Gasteiger partial charge in [-0.25, -0.2) is 0 Å². The van der Waals surface area contributed by atoms with Gasteiger partial charge in [-0.1, -0.05) is 182 Å². The van der Waals surface area contributed by atoms with E-state index in [9.17, 15) is 14.7 Å². The molecule has 0 saturated carbocycles. The molecule has 0 amide bonds. The predicted octanol–water partition coefficient (Wildman–Crippen LogP) is 11.9. The molecule has 0 aromatic rings. The number of carbonyl (C=O) groups is 2. The maximum atomic E-state index is 12.8. The van der Waals surface area contributed by atoms with Gasteiger partial charge in [-0.2, -0.15) is 0 Å². The second kappa shape index (κ2) is 34.3. The first kappa shape index (κ1) is 46.9. The summed E-state index contributed by atoms with van der Waals surface area (Å²) >= 11 is 0. The first-order valence-corrected chi connectivity index (χ1v) is 21.1. The van der Waals surface area contributed by atoms with Gasteiger partial charge in [0.2, 0.25) is 0 Å². The molecule has 286 valence electrons. The normalized spacial score (nSPS) is 14.2. The molecule has 0 saturated heterocycles. The summed E-state index contributed by atoms with van der Waals surface area (Å²) in [6.07, 6.45) is 32.9. The van der Waals surface area contributed by atoms with E-state index in [1.54, 1.807) is 0 Å². The molecule has 0 aromatic heterocycles. The van der Waals surface area contributed by atoms with E-state index >= 15 is 0 Å². The van der Waals surface area contributed by atoms with Crippen molar-refractivity contribution in [3.05, 3.63) is 0 Å². The third-order valence-corrected chi connectivity index (χ3v) is 10.0. The fourth-order valence-corrected chi connectivity index (χ4v) is 6.90. The van der Waals surface area contributed by atoms with Crippen molar-refractivity contribution in [3.63, 3.8) is 0 Å². The van der Waals surface area contributed by atoms with Gasteiger partial charge in [0.15, 0.2) is 0 Å². The van der Waals surface area contributed by atoms with Crippen LogP contribution in [-0.4, -0.2) is 60.4 Å². The van der Waals surface area contributed by atoms with Crippen molar-refractivity contribution in [2.45, 2.75) is 245 Å². The van der Waals surface area contributed by atoms with Gasteiger partial charge >= 0.3 is 11.9 Å². The molecule has 0 heterocycles. The van der Waals surface area contributed by atoms with E-state index < -0.39 is 24.4 Å². The zero-order valence-corrected chi connectivity index (χ0v) is 33.1. The van der Waals surface area contributed by atoms with Crippen molar-refractivity contribution in [2.24, 2.45) is 0 Å². The van der Waals surface area contributed by atoms with Gasteiger partial charge in [-0.3, -0.25) is 9.59 Å². The molecular weight excluding hydrogens is 598 g/mol. The Morgan fingerprint density at radius 2 is 0.729 bits per heavy atom. The van der Waals surface area contributed by atoms with Gasteiger partial charge in [0.05, 0.1) is 6.04 Å². The van der Waals surface area contributed by atoms with Gasteiger partial charge in [-0.05, 0) is 39.8 Å². The summed E-state index contributed by atoms with van der Waals surface area (Å²) in [5, 5.41) is 11.4. The summed E-state index contributed by atoms with van der Waals surface area (Å²) in [5.74, 6) is -0.439. The molecule has 0 rings (SSSR count). The number of aliphatic hydroxyl groups excluding tert-OH is 1. The zero-order valence-electron chi connectivity index (χ0n) is 33.1. The third-order valence-electron chi connectivity index (χ3n) is 10.0. The Labute approximate surface area is 299 Å². The fraction of sp³-hybridized carbons (Fsp3) is 0.952. The van der Waals surface area contributed by atoms with Crippen LogP contribution in [0.5, 0.6) is 0 Å². The minimum absolute atomic E-state index is 0.198. The smallest absolute Gasteiger partial charge is 0.306 e. The van der Waals surface area contributed by atoms with Crippen LogP contribution in [-0.2, 0) is 19.1 Å². The lowest BCUT2D eigenvalue weighted by molar-refractivity contribution is -0.168. The van der Waals surface area contributed by atoms with Crippen LogP contribution < -0.4 is 0 Å². The minimum atomic E-state index is -0.935. The summed E-state index contributed by atoms with van der Waals surface area (Å²) < 4.78 is 11.7. The minimum Gasteiger partial charge on any atom is -0.461 e. The molecule has 1 N–H and O–H groups in total. The number of ether oxygens (including phenoxy) is 2. The van der Waals surface area contributed by atoms with E-state index in [1.165, 1.54) is 135 Å². The second-order valence-corrected chi connectivity index (χ2v) is 14.8. The van der Waals surface area contributed by atoms with Crippen molar-refractivity contribution in [1.29, 1.82) is 0 Å².